The first-order valence-corrected chi connectivity index (χ1v) is 11.8. The minimum Gasteiger partial charge on any atom is -0.369 e. The van der Waals surface area contributed by atoms with Gasteiger partial charge in [-0.1, -0.05) is 31.2 Å². The average Bonchev–Trinajstić information content (AvgIpc) is 2.87. The molecule has 0 atom stereocenters. The van der Waals surface area contributed by atoms with Crippen molar-refractivity contribution in [1.29, 1.82) is 0 Å². The van der Waals surface area contributed by atoms with Gasteiger partial charge < -0.3 is 15.1 Å². The maximum absolute atomic E-state index is 12.7. The highest BCUT2D eigenvalue weighted by Crippen LogP contribution is 2.22. The molecule has 2 aromatic heterocycles. The van der Waals surface area contributed by atoms with Crippen LogP contribution in [0.25, 0.3) is 11.0 Å². The van der Waals surface area contributed by atoms with Gasteiger partial charge in [-0.15, -0.1) is 0 Å². The fourth-order valence-corrected chi connectivity index (χ4v) is 4.30. The summed E-state index contributed by atoms with van der Waals surface area (Å²) in [6, 6.07) is 20.1. The van der Waals surface area contributed by atoms with E-state index in [2.05, 4.69) is 82.6 Å². The van der Waals surface area contributed by atoms with Crippen LogP contribution in [-0.2, 0) is 13.0 Å². The van der Waals surface area contributed by atoms with Gasteiger partial charge in [-0.3, -0.25) is 9.36 Å². The second kappa shape index (κ2) is 9.65. The molecule has 5 rings (SSSR count). The number of benzene rings is 2. The first-order chi connectivity index (χ1) is 16.6. The van der Waals surface area contributed by atoms with E-state index in [4.69, 9.17) is 4.98 Å². The molecule has 174 valence electrons. The Morgan fingerprint density at radius 2 is 1.59 bits per heavy atom. The van der Waals surface area contributed by atoms with E-state index in [0.717, 1.165) is 49.2 Å². The monoisotopic (exact) mass is 454 g/mol. The molecule has 4 aromatic rings. The van der Waals surface area contributed by atoms with E-state index in [1.54, 1.807) is 22.9 Å². The van der Waals surface area contributed by atoms with Crippen LogP contribution in [0.4, 0.5) is 17.3 Å². The summed E-state index contributed by atoms with van der Waals surface area (Å²) in [6.45, 7) is 6.84. The van der Waals surface area contributed by atoms with E-state index in [9.17, 15) is 4.79 Å². The molecule has 34 heavy (non-hydrogen) atoms. The Bertz CT molecular complexity index is 1320. The van der Waals surface area contributed by atoms with Crippen LogP contribution in [-0.4, -0.2) is 52.7 Å². The molecule has 1 fully saturated rings. The van der Waals surface area contributed by atoms with E-state index in [1.165, 1.54) is 11.3 Å². The third kappa shape index (κ3) is 4.79. The highest BCUT2D eigenvalue weighted by molar-refractivity contribution is 5.76. The second-order valence-corrected chi connectivity index (χ2v) is 8.86. The van der Waals surface area contributed by atoms with Gasteiger partial charge in [0.05, 0.1) is 6.54 Å². The van der Waals surface area contributed by atoms with Crippen molar-refractivity contribution in [3.63, 3.8) is 0 Å². The van der Waals surface area contributed by atoms with Gasteiger partial charge in [-0.25, -0.2) is 4.98 Å². The Labute approximate surface area is 199 Å². The predicted molar refractivity (Wildman–Crippen MR) is 138 cm³/mol. The molecular formula is C27H30N6O. The number of anilines is 3. The van der Waals surface area contributed by atoms with Gasteiger partial charge in [0, 0.05) is 55.2 Å². The zero-order chi connectivity index (χ0) is 23.5. The summed E-state index contributed by atoms with van der Waals surface area (Å²) in [5, 5.41) is 4.13. The molecule has 0 unspecified atom stereocenters. The Hall–Kier alpha value is -3.71. The van der Waals surface area contributed by atoms with Gasteiger partial charge in [0.15, 0.2) is 0 Å². The molecule has 7 nitrogen and oxygen atoms in total. The van der Waals surface area contributed by atoms with Gasteiger partial charge in [0.1, 0.15) is 5.65 Å². The number of piperazine rings is 1. The standard InChI is InChI=1S/C27H30N6O/c1-3-20-4-6-21(7-5-20)19-33-25(34)13-8-22-18-28-27(30-26(22)33)29-23-9-11-24(12-10-23)32-16-14-31(2)15-17-32/h4-13,18H,3,14-17,19H2,1-2H3,(H,28,29,30). The van der Waals surface area contributed by atoms with E-state index in [0.29, 0.717) is 18.1 Å². The topological polar surface area (TPSA) is 66.3 Å². The summed E-state index contributed by atoms with van der Waals surface area (Å²) in [4.78, 5) is 26.6. The fourth-order valence-electron chi connectivity index (χ4n) is 4.30. The minimum atomic E-state index is -0.0757. The lowest BCUT2D eigenvalue weighted by Gasteiger charge is -2.34. The van der Waals surface area contributed by atoms with Crippen LogP contribution < -0.4 is 15.8 Å². The number of hydrogen-bond acceptors (Lipinski definition) is 6. The van der Waals surface area contributed by atoms with Crippen molar-refractivity contribution >= 4 is 28.4 Å². The maximum Gasteiger partial charge on any atom is 0.252 e. The van der Waals surface area contributed by atoms with E-state index >= 15 is 0 Å². The number of hydrogen-bond donors (Lipinski definition) is 1. The van der Waals surface area contributed by atoms with E-state index in [-0.39, 0.29) is 5.56 Å². The third-order valence-corrected chi connectivity index (χ3v) is 6.49. The lowest BCUT2D eigenvalue weighted by atomic mass is 10.1. The van der Waals surface area contributed by atoms with Crippen molar-refractivity contribution in [1.82, 2.24) is 19.4 Å². The predicted octanol–water partition coefficient (Wildman–Crippen LogP) is 3.90. The van der Waals surface area contributed by atoms with Gasteiger partial charge in [-0.05, 0) is 54.9 Å². The highest BCUT2D eigenvalue weighted by atomic mass is 16.1. The second-order valence-electron chi connectivity index (χ2n) is 8.86. The minimum absolute atomic E-state index is 0.0757. The first kappa shape index (κ1) is 22.1. The highest BCUT2D eigenvalue weighted by Gasteiger charge is 2.14. The van der Waals surface area contributed by atoms with E-state index < -0.39 is 0 Å². The van der Waals surface area contributed by atoms with Crippen molar-refractivity contribution in [2.24, 2.45) is 0 Å². The lowest BCUT2D eigenvalue weighted by Crippen LogP contribution is -2.44. The van der Waals surface area contributed by atoms with Gasteiger partial charge in [0.25, 0.3) is 5.56 Å². The Morgan fingerprint density at radius 3 is 2.29 bits per heavy atom. The molecule has 1 aliphatic heterocycles. The number of aromatic nitrogens is 3. The number of likely N-dealkylation sites (N-methyl/N-ethyl adjacent to an activating group) is 1. The van der Waals surface area contributed by atoms with Crippen molar-refractivity contribution in [3.8, 4) is 0 Å². The molecule has 0 radical (unpaired) electrons. The number of nitrogens with zero attached hydrogens (tertiary/aromatic N) is 5. The average molecular weight is 455 g/mol. The van der Waals surface area contributed by atoms with Gasteiger partial charge in [0.2, 0.25) is 5.95 Å². The molecule has 1 N–H and O–H groups in total. The number of pyridine rings is 1. The summed E-state index contributed by atoms with van der Waals surface area (Å²) in [6.07, 6.45) is 2.76. The molecule has 2 aromatic carbocycles. The zero-order valence-electron chi connectivity index (χ0n) is 19.7. The van der Waals surface area contributed by atoms with Crippen LogP contribution in [0.15, 0.2) is 71.7 Å². The van der Waals surface area contributed by atoms with Crippen molar-refractivity contribution < 1.29 is 0 Å². The molecule has 0 saturated carbocycles. The maximum atomic E-state index is 12.7. The summed E-state index contributed by atoms with van der Waals surface area (Å²) in [5.74, 6) is 0.473. The number of fused-ring (bicyclic) bond motifs is 1. The number of nitrogens with one attached hydrogen (secondary N) is 1. The van der Waals surface area contributed by atoms with Gasteiger partial charge in [-0.2, -0.15) is 4.98 Å². The summed E-state index contributed by atoms with van der Waals surface area (Å²) >= 11 is 0. The Balaban J connectivity index is 1.38. The molecule has 1 saturated heterocycles. The summed E-state index contributed by atoms with van der Waals surface area (Å²) < 4.78 is 1.71. The molecular weight excluding hydrogens is 424 g/mol. The molecule has 7 heteroatoms. The SMILES string of the molecule is CCc1ccc(Cn2c(=O)ccc3cnc(Nc4ccc(N5CCN(C)CC5)cc4)nc32)cc1. The van der Waals surface area contributed by atoms with Crippen LogP contribution in [0, 0.1) is 0 Å². The summed E-state index contributed by atoms with van der Waals surface area (Å²) in [7, 11) is 2.16. The number of rotatable bonds is 6. The van der Waals surface area contributed by atoms with Gasteiger partial charge >= 0.3 is 0 Å². The first-order valence-electron chi connectivity index (χ1n) is 11.8. The fraction of sp³-hybridized carbons (Fsp3) is 0.296. The molecule has 0 spiro atoms. The normalized spacial score (nSPS) is 14.5. The van der Waals surface area contributed by atoms with Crippen LogP contribution >= 0.6 is 0 Å². The van der Waals surface area contributed by atoms with Crippen LogP contribution in [0.5, 0.6) is 0 Å². The lowest BCUT2D eigenvalue weighted by molar-refractivity contribution is 0.313. The molecule has 1 aliphatic rings. The largest absolute Gasteiger partial charge is 0.369 e. The molecule has 0 amide bonds. The van der Waals surface area contributed by atoms with E-state index in [1.807, 2.05) is 0 Å². The Morgan fingerprint density at radius 1 is 0.882 bits per heavy atom. The third-order valence-electron chi connectivity index (χ3n) is 6.49. The smallest absolute Gasteiger partial charge is 0.252 e. The number of aryl methyl sites for hydroxylation is 1. The molecule has 0 aliphatic carbocycles. The summed E-state index contributed by atoms with van der Waals surface area (Å²) in [5.41, 5.74) is 5.03. The molecule has 0 bridgehead atoms. The van der Waals surface area contributed by atoms with Crippen molar-refractivity contribution in [3.05, 3.63) is 88.3 Å². The van der Waals surface area contributed by atoms with Crippen LogP contribution in [0.1, 0.15) is 18.1 Å². The Kier molecular flexibility index (Phi) is 6.27. The van der Waals surface area contributed by atoms with Crippen molar-refractivity contribution in [2.45, 2.75) is 19.9 Å². The quantitative estimate of drug-likeness (QED) is 0.477. The zero-order valence-corrected chi connectivity index (χ0v) is 19.7. The van der Waals surface area contributed by atoms with Crippen molar-refractivity contribution in [2.75, 3.05) is 43.4 Å². The molecule has 3 heterocycles. The van der Waals surface area contributed by atoms with Crippen LogP contribution in [0.3, 0.4) is 0 Å². The van der Waals surface area contributed by atoms with Crippen LogP contribution in [0.2, 0.25) is 0 Å².